The van der Waals surface area contributed by atoms with Crippen LogP contribution in [0, 0.1) is 0 Å². The van der Waals surface area contributed by atoms with Gasteiger partial charge in [-0.15, -0.1) is 0 Å². The molecule has 0 bridgehead atoms. The summed E-state index contributed by atoms with van der Waals surface area (Å²) in [7, 11) is 1.53. The minimum absolute atomic E-state index is 0.159. The number of rotatable bonds is 2. The zero-order valence-electron chi connectivity index (χ0n) is 8.34. The maximum absolute atomic E-state index is 9.90. The summed E-state index contributed by atoms with van der Waals surface area (Å²) in [4.78, 5) is 3.93. The van der Waals surface area contributed by atoms with Crippen molar-refractivity contribution in [2.75, 3.05) is 7.11 Å². The number of pyridine rings is 1. The molecule has 15 heavy (non-hydrogen) atoms. The first-order valence-corrected chi connectivity index (χ1v) is 4.59. The van der Waals surface area contributed by atoms with Gasteiger partial charge in [0, 0.05) is 18.0 Å². The summed E-state index contributed by atoms with van der Waals surface area (Å²) >= 11 is 0. The summed E-state index contributed by atoms with van der Waals surface area (Å²) in [5.74, 6) is 0.635. The Morgan fingerprint density at radius 1 is 1.13 bits per heavy atom. The Labute approximate surface area is 88.0 Å². The van der Waals surface area contributed by atoms with Crippen LogP contribution < -0.4 is 4.74 Å². The summed E-state index contributed by atoms with van der Waals surface area (Å²) in [6.45, 7) is 0. The van der Waals surface area contributed by atoms with Gasteiger partial charge in [0.1, 0.15) is 0 Å². The van der Waals surface area contributed by atoms with Crippen LogP contribution >= 0.6 is 0 Å². The number of phenolic OH excluding ortho intramolecular Hbond substituents is 1. The lowest BCUT2D eigenvalue weighted by Gasteiger charge is -2.08. The van der Waals surface area contributed by atoms with Crippen LogP contribution in [0.5, 0.6) is 11.5 Å². The molecule has 0 aliphatic heterocycles. The quantitative estimate of drug-likeness (QED) is 0.811. The average molecular weight is 201 g/mol. The highest BCUT2D eigenvalue weighted by molar-refractivity contribution is 5.72. The van der Waals surface area contributed by atoms with E-state index in [4.69, 9.17) is 4.74 Å². The Hall–Kier alpha value is -2.03. The van der Waals surface area contributed by atoms with Crippen LogP contribution in [-0.4, -0.2) is 17.2 Å². The normalized spacial score (nSPS) is 9.93. The fraction of sp³-hybridized carbons (Fsp3) is 0.0833. The topological polar surface area (TPSA) is 42.4 Å². The lowest BCUT2D eigenvalue weighted by molar-refractivity contribution is 0.374. The van der Waals surface area contributed by atoms with Crippen molar-refractivity contribution in [3.05, 3.63) is 42.7 Å². The van der Waals surface area contributed by atoms with Gasteiger partial charge in [-0.2, -0.15) is 0 Å². The summed E-state index contributed by atoms with van der Waals surface area (Å²) in [6, 6.07) is 9.09. The van der Waals surface area contributed by atoms with Gasteiger partial charge in [0.25, 0.3) is 0 Å². The van der Waals surface area contributed by atoms with Gasteiger partial charge in [0.15, 0.2) is 11.5 Å². The molecule has 2 rings (SSSR count). The fourth-order valence-corrected chi connectivity index (χ4v) is 1.45. The van der Waals surface area contributed by atoms with Gasteiger partial charge in [-0.1, -0.05) is 12.1 Å². The first kappa shape index (κ1) is 9.52. The molecule has 0 aliphatic carbocycles. The maximum atomic E-state index is 9.90. The molecule has 1 heterocycles. The largest absolute Gasteiger partial charge is 0.504 e. The zero-order valence-corrected chi connectivity index (χ0v) is 8.34. The number of ether oxygens (including phenoxy) is 1. The smallest absolute Gasteiger partial charge is 0.165 e. The van der Waals surface area contributed by atoms with E-state index in [0.29, 0.717) is 5.75 Å². The van der Waals surface area contributed by atoms with E-state index >= 15 is 0 Å². The second-order valence-electron chi connectivity index (χ2n) is 3.09. The molecule has 0 amide bonds. The third kappa shape index (κ3) is 1.76. The van der Waals surface area contributed by atoms with Crippen LogP contribution in [0.1, 0.15) is 0 Å². The molecule has 0 radical (unpaired) electrons. The van der Waals surface area contributed by atoms with Crippen molar-refractivity contribution >= 4 is 0 Å². The zero-order chi connectivity index (χ0) is 10.7. The Morgan fingerprint density at radius 2 is 1.87 bits per heavy atom. The van der Waals surface area contributed by atoms with E-state index in [1.165, 1.54) is 7.11 Å². The van der Waals surface area contributed by atoms with Crippen molar-refractivity contribution < 1.29 is 9.84 Å². The third-order valence-corrected chi connectivity index (χ3v) is 2.21. The van der Waals surface area contributed by atoms with Crippen molar-refractivity contribution in [1.29, 1.82) is 0 Å². The van der Waals surface area contributed by atoms with Crippen LogP contribution in [0.2, 0.25) is 0 Å². The highest BCUT2D eigenvalue weighted by Gasteiger charge is 2.08. The molecule has 0 unspecified atom stereocenters. The van der Waals surface area contributed by atoms with E-state index in [0.717, 1.165) is 11.1 Å². The Bertz CT molecular complexity index is 454. The summed E-state index contributed by atoms with van der Waals surface area (Å²) in [5, 5.41) is 9.90. The molecular weight excluding hydrogens is 190 g/mol. The third-order valence-electron chi connectivity index (χ3n) is 2.21. The number of aromatic hydroxyl groups is 1. The molecule has 1 N–H and O–H groups in total. The number of benzene rings is 1. The van der Waals surface area contributed by atoms with Gasteiger partial charge < -0.3 is 9.84 Å². The van der Waals surface area contributed by atoms with Gasteiger partial charge >= 0.3 is 0 Å². The maximum Gasteiger partial charge on any atom is 0.165 e. The van der Waals surface area contributed by atoms with Gasteiger partial charge in [0.05, 0.1) is 7.11 Å². The first-order valence-electron chi connectivity index (χ1n) is 4.59. The molecule has 1 aromatic heterocycles. The fourth-order valence-electron chi connectivity index (χ4n) is 1.45. The number of hydrogen-bond donors (Lipinski definition) is 1. The van der Waals surface area contributed by atoms with E-state index < -0.39 is 0 Å². The van der Waals surface area contributed by atoms with Crippen LogP contribution in [0.15, 0.2) is 42.7 Å². The van der Waals surface area contributed by atoms with Crippen molar-refractivity contribution in [1.82, 2.24) is 4.98 Å². The molecule has 3 heteroatoms. The predicted molar refractivity (Wildman–Crippen MR) is 57.9 cm³/mol. The lowest BCUT2D eigenvalue weighted by Crippen LogP contribution is -1.86. The second-order valence-corrected chi connectivity index (χ2v) is 3.09. The molecule has 1 aromatic carbocycles. The van der Waals surface area contributed by atoms with E-state index in [9.17, 15) is 5.11 Å². The van der Waals surface area contributed by atoms with Crippen molar-refractivity contribution in [3.63, 3.8) is 0 Å². The van der Waals surface area contributed by atoms with E-state index in [-0.39, 0.29) is 5.75 Å². The summed E-state index contributed by atoms with van der Waals surface area (Å²) < 4.78 is 5.04. The molecule has 0 fully saturated rings. The van der Waals surface area contributed by atoms with Crippen molar-refractivity contribution in [2.24, 2.45) is 0 Å². The van der Waals surface area contributed by atoms with Crippen LogP contribution in [0.25, 0.3) is 11.1 Å². The van der Waals surface area contributed by atoms with E-state index in [1.54, 1.807) is 18.5 Å². The molecule has 76 valence electrons. The van der Waals surface area contributed by atoms with Gasteiger partial charge in [-0.25, -0.2) is 0 Å². The number of para-hydroxylation sites is 1. The lowest BCUT2D eigenvalue weighted by atomic mass is 10.1. The number of aromatic nitrogens is 1. The average Bonchev–Trinajstić information content (AvgIpc) is 2.30. The second kappa shape index (κ2) is 4.00. The van der Waals surface area contributed by atoms with E-state index in [2.05, 4.69) is 4.98 Å². The monoisotopic (exact) mass is 201 g/mol. The first-order chi connectivity index (χ1) is 7.33. The molecule has 0 atom stereocenters. The Kier molecular flexibility index (Phi) is 2.54. The number of methoxy groups -OCH3 is 1. The molecule has 0 saturated heterocycles. The predicted octanol–water partition coefficient (Wildman–Crippen LogP) is 2.46. The highest BCUT2D eigenvalue weighted by Crippen LogP contribution is 2.36. The molecule has 0 aliphatic rings. The van der Waals surface area contributed by atoms with E-state index in [1.807, 2.05) is 24.3 Å². The number of phenols is 1. The number of nitrogens with zero attached hydrogens (tertiary/aromatic N) is 1. The van der Waals surface area contributed by atoms with Gasteiger partial charge in [0.2, 0.25) is 0 Å². The minimum atomic E-state index is 0.159. The highest BCUT2D eigenvalue weighted by atomic mass is 16.5. The van der Waals surface area contributed by atoms with Crippen LogP contribution in [0.4, 0.5) is 0 Å². The molecule has 3 nitrogen and oxygen atoms in total. The van der Waals surface area contributed by atoms with Gasteiger partial charge in [-0.05, 0) is 23.8 Å². The van der Waals surface area contributed by atoms with Crippen molar-refractivity contribution in [2.45, 2.75) is 0 Å². The van der Waals surface area contributed by atoms with Crippen LogP contribution in [-0.2, 0) is 0 Å². The van der Waals surface area contributed by atoms with Gasteiger partial charge in [-0.3, -0.25) is 4.98 Å². The Balaban J connectivity index is 2.54. The summed E-state index contributed by atoms with van der Waals surface area (Å²) in [5.41, 5.74) is 1.66. The minimum Gasteiger partial charge on any atom is -0.504 e. The van der Waals surface area contributed by atoms with Crippen LogP contribution in [0.3, 0.4) is 0 Å². The molecular formula is C12H11NO2. The SMILES string of the molecule is COc1cccc(-c2ccncc2)c1O. The standard InChI is InChI=1S/C12H11NO2/c1-15-11-4-2-3-10(12(11)14)9-5-7-13-8-6-9/h2-8,14H,1H3. The Morgan fingerprint density at radius 3 is 2.53 bits per heavy atom. The summed E-state index contributed by atoms with van der Waals surface area (Å²) in [6.07, 6.45) is 3.38. The molecule has 0 spiro atoms. The molecule has 2 aromatic rings. The molecule has 0 saturated carbocycles. The number of hydrogen-bond acceptors (Lipinski definition) is 3. The van der Waals surface area contributed by atoms with Crippen molar-refractivity contribution in [3.8, 4) is 22.6 Å².